The maximum atomic E-state index is 12.9. The summed E-state index contributed by atoms with van der Waals surface area (Å²) in [6.07, 6.45) is 5.96. The molecule has 1 atom stereocenters. The quantitative estimate of drug-likeness (QED) is 0.585. The molecule has 0 radical (unpaired) electrons. The molecule has 1 rings (SSSR count). The number of hydrogen-bond donors (Lipinski definition) is 1. The molecule has 0 saturated heterocycles. The van der Waals surface area contributed by atoms with Crippen molar-refractivity contribution in [1.29, 1.82) is 0 Å². The Morgan fingerprint density at radius 3 is 1.74 bits per heavy atom. The van der Waals surface area contributed by atoms with Gasteiger partial charge in [-0.2, -0.15) is 0 Å². The number of aliphatic hydroxyl groups excluding tert-OH is 1. The van der Waals surface area contributed by atoms with Crippen LogP contribution in [0, 0.1) is 5.92 Å². The summed E-state index contributed by atoms with van der Waals surface area (Å²) in [5, 5.41) is 10.5. The van der Waals surface area contributed by atoms with Crippen LogP contribution in [-0.2, 0) is 13.6 Å². The van der Waals surface area contributed by atoms with Crippen LogP contribution in [0.15, 0.2) is 0 Å². The fraction of sp³-hybridized carbons (Fsp3) is 1.00. The molecule has 1 saturated carbocycles. The van der Waals surface area contributed by atoms with E-state index in [2.05, 4.69) is 0 Å². The Hall–Kier alpha value is 0.110. The van der Waals surface area contributed by atoms with E-state index >= 15 is 0 Å². The van der Waals surface area contributed by atoms with Gasteiger partial charge in [0, 0.05) is 0 Å². The molecule has 19 heavy (non-hydrogen) atoms. The van der Waals surface area contributed by atoms with Crippen LogP contribution in [0.2, 0.25) is 0 Å². The van der Waals surface area contributed by atoms with Crippen molar-refractivity contribution in [2.75, 3.05) is 0 Å². The SMILES string of the molecule is CC(C)OP(=O)(OC(C)C)C(O)C1CCCCCC1. The summed E-state index contributed by atoms with van der Waals surface area (Å²) < 4.78 is 23.8. The van der Waals surface area contributed by atoms with E-state index in [4.69, 9.17) is 9.05 Å². The highest BCUT2D eigenvalue weighted by Crippen LogP contribution is 2.57. The average molecular weight is 292 g/mol. The smallest absolute Gasteiger partial charge is 0.359 e. The van der Waals surface area contributed by atoms with E-state index in [1.165, 1.54) is 12.8 Å². The second kappa shape index (κ2) is 7.78. The largest absolute Gasteiger partial charge is 0.380 e. The predicted octanol–water partition coefficient (Wildman–Crippen LogP) is 4.32. The minimum atomic E-state index is -3.45. The van der Waals surface area contributed by atoms with Gasteiger partial charge in [0.25, 0.3) is 0 Å². The summed E-state index contributed by atoms with van der Waals surface area (Å²) >= 11 is 0. The summed E-state index contributed by atoms with van der Waals surface area (Å²) in [6, 6.07) is 0. The Kier molecular flexibility index (Phi) is 7.02. The fourth-order valence-corrected chi connectivity index (χ4v) is 4.89. The minimum absolute atomic E-state index is 0.0332. The first-order chi connectivity index (χ1) is 8.85. The number of hydrogen-bond acceptors (Lipinski definition) is 4. The standard InChI is InChI=1S/C14H29O4P/c1-11(2)17-19(16,18-12(3)4)14(15)13-9-7-5-6-8-10-13/h11-15H,5-10H2,1-4H3. The van der Waals surface area contributed by atoms with Crippen molar-refractivity contribution in [3.05, 3.63) is 0 Å². The van der Waals surface area contributed by atoms with E-state index < -0.39 is 13.4 Å². The third-order valence-electron chi connectivity index (χ3n) is 3.36. The molecule has 1 aliphatic carbocycles. The number of aliphatic hydroxyl groups is 1. The molecule has 1 fully saturated rings. The van der Waals surface area contributed by atoms with Crippen LogP contribution < -0.4 is 0 Å². The van der Waals surface area contributed by atoms with Crippen molar-refractivity contribution in [2.45, 2.75) is 84.3 Å². The van der Waals surface area contributed by atoms with Gasteiger partial charge in [-0.1, -0.05) is 25.7 Å². The first-order valence-corrected chi connectivity index (χ1v) is 9.11. The number of rotatable bonds is 6. The van der Waals surface area contributed by atoms with Crippen molar-refractivity contribution >= 4 is 7.60 Å². The molecule has 5 heteroatoms. The van der Waals surface area contributed by atoms with Crippen LogP contribution in [0.3, 0.4) is 0 Å². The summed E-state index contributed by atoms with van der Waals surface area (Å²) in [6.45, 7) is 7.26. The third-order valence-corrected chi connectivity index (χ3v) is 5.86. The highest BCUT2D eigenvalue weighted by molar-refractivity contribution is 7.54. The average Bonchev–Trinajstić information content (AvgIpc) is 2.53. The first-order valence-electron chi connectivity index (χ1n) is 7.49. The van der Waals surface area contributed by atoms with Gasteiger partial charge < -0.3 is 14.2 Å². The summed E-state index contributed by atoms with van der Waals surface area (Å²) in [7, 11) is -3.45. The first kappa shape index (κ1) is 17.2. The van der Waals surface area contributed by atoms with Gasteiger partial charge in [0.1, 0.15) is 0 Å². The van der Waals surface area contributed by atoms with Gasteiger partial charge in [-0.3, -0.25) is 4.57 Å². The van der Waals surface area contributed by atoms with Gasteiger partial charge >= 0.3 is 7.60 Å². The van der Waals surface area contributed by atoms with E-state index in [0.717, 1.165) is 25.7 Å². The van der Waals surface area contributed by atoms with E-state index in [0.29, 0.717) is 0 Å². The highest BCUT2D eigenvalue weighted by Gasteiger charge is 2.41. The van der Waals surface area contributed by atoms with Crippen LogP contribution in [0.25, 0.3) is 0 Å². The molecule has 114 valence electrons. The summed E-state index contributed by atoms with van der Waals surface area (Å²) in [4.78, 5) is 0. The van der Waals surface area contributed by atoms with E-state index in [1.54, 1.807) is 0 Å². The highest BCUT2D eigenvalue weighted by atomic mass is 31.2. The zero-order valence-corrected chi connectivity index (χ0v) is 13.6. The van der Waals surface area contributed by atoms with Crippen molar-refractivity contribution in [1.82, 2.24) is 0 Å². The molecular formula is C14H29O4P. The molecule has 0 heterocycles. The Morgan fingerprint density at radius 2 is 1.37 bits per heavy atom. The summed E-state index contributed by atoms with van der Waals surface area (Å²) in [5.41, 5.74) is 0. The molecular weight excluding hydrogens is 263 g/mol. The van der Waals surface area contributed by atoms with Gasteiger partial charge in [0.15, 0.2) is 5.85 Å². The topological polar surface area (TPSA) is 55.8 Å². The summed E-state index contributed by atoms with van der Waals surface area (Å²) in [5.74, 6) is -0.957. The Labute approximate surface area is 117 Å². The fourth-order valence-electron chi connectivity index (χ4n) is 2.60. The van der Waals surface area contributed by atoms with Crippen LogP contribution in [0.4, 0.5) is 0 Å². The van der Waals surface area contributed by atoms with Crippen LogP contribution in [0.5, 0.6) is 0 Å². The van der Waals surface area contributed by atoms with E-state index in [1.807, 2.05) is 27.7 Å². The van der Waals surface area contributed by atoms with Crippen molar-refractivity contribution in [2.24, 2.45) is 5.92 Å². The monoisotopic (exact) mass is 292 g/mol. The van der Waals surface area contributed by atoms with Crippen LogP contribution in [-0.4, -0.2) is 23.2 Å². The molecule has 0 spiro atoms. The molecule has 0 amide bonds. The lowest BCUT2D eigenvalue weighted by Gasteiger charge is -2.31. The molecule has 0 aromatic rings. The van der Waals surface area contributed by atoms with Gasteiger partial charge in [-0.25, -0.2) is 0 Å². The lowest BCUT2D eigenvalue weighted by Crippen LogP contribution is -2.25. The Morgan fingerprint density at radius 1 is 0.947 bits per heavy atom. The van der Waals surface area contributed by atoms with Crippen molar-refractivity contribution in [3.8, 4) is 0 Å². The normalized spacial score (nSPS) is 20.8. The molecule has 1 aliphatic rings. The molecule has 0 aromatic heterocycles. The van der Waals surface area contributed by atoms with Crippen LogP contribution in [0.1, 0.15) is 66.2 Å². The van der Waals surface area contributed by atoms with Gasteiger partial charge in [-0.05, 0) is 46.5 Å². The maximum Gasteiger partial charge on any atom is 0.359 e. The lowest BCUT2D eigenvalue weighted by atomic mass is 10.0. The van der Waals surface area contributed by atoms with Gasteiger partial charge in [0.05, 0.1) is 12.2 Å². The Balaban J connectivity index is 2.79. The lowest BCUT2D eigenvalue weighted by molar-refractivity contribution is 0.0751. The molecule has 4 nitrogen and oxygen atoms in total. The molecule has 1 unspecified atom stereocenters. The Bertz CT molecular complexity index is 282. The van der Waals surface area contributed by atoms with E-state index in [-0.39, 0.29) is 18.1 Å². The van der Waals surface area contributed by atoms with Crippen molar-refractivity contribution < 1.29 is 18.7 Å². The maximum absolute atomic E-state index is 12.9. The molecule has 0 bridgehead atoms. The van der Waals surface area contributed by atoms with Gasteiger partial charge in [-0.15, -0.1) is 0 Å². The molecule has 0 aromatic carbocycles. The minimum Gasteiger partial charge on any atom is -0.380 e. The second-order valence-corrected chi connectivity index (χ2v) is 8.04. The van der Waals surface area contributed by atoms with Crippen LogP contribution >= 0.6 is 7.60 Å². The molecule has 0 aliphatic heterocycles. The predicted molar refractivity (Wildman–Crippen MR) is 77.2 cm³/mol. The van der Waals surface area contributed by atoms with E-state index in [9.17, 15) is 9.67 Å². The molecule has 1 N–H and O–H groups in total. The zero-order valence-electron chi connectivity index (χ0n) is 12.7. The third kappa shape index (κ3) is 5.55. The zero-order chi connectivity index (χ0) is 14.5. The van der Waals surface area contributed by atoms with Crippen molar-refractivity contribution in [3.63, 3.8) is 0 Å². The van der Waals surface area contributed by atoms with Gasteiger partial charge in [0.2, 0.25) is 0 Å². The second-order valence-electron chi connectivity index (χ2n) is 6.01.